The fraction of sp³-hybridized carbons (Fsp3) is 0.846. The Labute approximate surface area is 112 Å². The van der Waals surface area contributed by atoms with Gasteiger partial charge in [0.05, 0.1) is 6.54 Å². The number of hydrogen-bond donors (Lipinski definition) is 4. The maximum Gasteiger partial charge on any atom is 0.337 e. The van der Waals surface area contributed by atoms with Crippen LogP contribution in [0.5, 0.6) is 0 Å². The van der Waals surface area contributed by atoms with Crippen molar-refractivity contribution < 1.29 is 19.8 Å². The van der Waals surface area contributed by atoms with Gasteiger partial charge < -0.3 is 20.8 Å². The molecule has 2 rings (SSSR count). The summed E-state index contributed by atoms with van der Waals surface area (Å²) in [6.07, 6.45) is 4.83. The summed E-state index contributed by atoms with van der Waals surface area (Å²) in [6, 6.07) is 1.08. The van der Waals surface area contributed by atoms with Gasteiger partial charge in [-0.05, 0) is 38.5 Å². The number of amides is 1. The van der Waals surface area contributed by atoms with Crippen LogP contribution in [0.3, 0.4) is 0 Å². The smallest absolute Gasteiger partial charge is 0.337 e. The van der Waals surface area contributed by atoms with Gasteiger partial charge >= 0.3 is 5.97 Å². The fourth-order valence-corrected chi connectivity index (χ4v) is 3.02. The number of carbonyl (C=O) groups excluding carboxylic acids is 1. The predicted molar refractivity (Wildman–Crippen MR) is 68.6 cm³/mol. The number of fused-ring (bicyclic) bond motifs is 2. The van der Waals surface area contributed by atoms with Gasteiger partial charge in [-0.15, -0.1) is 0 Å². The standard InChI is InChI=1S/C13H22N2O4/c1-13(19,12(17)18)7-14-11(16)6-8-4-9-2-3-10(5-8)15-9/h8-10,15,19H,2-7H2,1H3,(H,14,16)(H,17,18). The third-order valence-corrected chi connectivity index (χ3v) is 4.14. The first-order chi connectivity index (χ1) is 8.87. The van der Waals surface area contributed by atoms with E-state index in [1.54, 1.807) is 0 Å². The van der Waals surface area contributed by atoms with Crippen LogP contribution in [0.1, 0.15) is 39.0 Å². The lowest BCUT2D eigenvalue weighted by atomic mass is 9.89. The van der Waals surface area contributed by atoms with E-state index in [2.05, 4.69) is 10.6 Å². The molecule has 0 radical (unpaired) electrons. The third-order valence-electron chi connectivity index (χ3n) is 4.14. The van der Waals surface area contributed by atoms with Crippen molar-refractivity contribution in [2.24, 2.45) is 5.92 Å². The molecular weight excluding hydrogens is 248 g/mol. The van der Waals surface area contributed by atoms with Crippen molar-refractivity contribution in [3.63, 3.8) is 0 Å². The number of carboxylic acid groups (broad SMARTS) is 1. The maximum absolute atomic E-state index is 11.8. The summed E-state index contributed by atoms with van der Waals surface area (Å²) in [5, 5.41) is 24.3. The first-order valence-corrected chi connectivity index (χ1v) is 6.85. The molecule has 2 bridgehead atoms. The van der Waals surface area contributed by atoms with Crippen molar-refractivity contribution in [2.75, 3.05) is 6.54 Å². The van der Waals surface area contributed by atoms with E-state index < -0.39 is 11.6 Å². The van der Waals surface area contributed by atoms with Gasteiger partial charge in [0.1, 0.15) is 0 Å². The normalized spacial score (nSPS) is 32.6. The lowest BCUT2D eigenvalue weighted by Gasteiger charge is -2.29. The molecule has 2 fully saturated rings. The molecule has 0 aliphatic carbocycles. The van der Waals surface area contributed by atoms with E-state index >= 15 is 0 Å². The van der Waals surface area contributed by atoms with E-state index in [1.165, 1.54) is 19.8 Å². The van der Waals surface area contributed by atoms with Gasteiger partial charge in [-0.2, -0.15) is 0 Å². The van der Waals surface area contributed by atoms with Gasteiger partial charge in [0.25, 0.3) is 0 Å². The lowest BCUT2D eigenvalue weighted by molar-refractivity contribution is -0.156. The number of piperidine rings is 1. The molecule has 2 heterocycles. The van der Waals surface area contributed by atoms with E-state index in [1.807, 2.05) is 0 Å². The Kier molecular flexibility index (Phi) is 4.10. The molecular formula is C13H22N2O4. The fourth-order valence-electron chi connectivity index (χ4n) is 3.02. The zero-order chi connectivity index (χ0) is 14.0. The average Bonchev–Trinajstić information content (AvgIpc) is 2.66. The molecule has 0 aromatic rings. The number of hydrogen-bond acceptors (Lipinski definition) is 4. The highest BCUT2D eigenvalue weighted by Gasteiger charge is 2.35. The van der Waals surface area contributed by atoms with E-state index in [0.717, 1.165) is 12.8 Å². The molecule has 6 nitrogen and oxygen atoms in total. The van der Waals surface area contributed by atoms with Crippen molar-refractivity contribution in [3.05, 3.63) is 0 Å². The monoisotopic (exact) mass is 270 g/mol. The SMILES string of the molecule is CC(O)(CNC(=O)CC1CC2CCC(C1)N2)C(=O)O. The van der Waals surface area contributed by atoms with Crippen LogP contribution in [0.4, 0.5) is 0 Å². The summed E-state index contributed by atoms with van der Waals surface area (Å²) in [7, 11) is 0. The van der Waals surface area contributed by atoms with Crippen LogP contribution in [0.25, 0.3) is 0 Å². The molecule has 0 saturated carbocycles. The Morgan fingerprint density at radius 2 is 1.89 bits per heavy atom. The molecule has 4 N–H and O–H groups in total. The van der Waals surface area contributed by atoms with E-state index in [9.17, 15) is 14.7 Å². The summed E-state index contributed by atoms with van der Waals surface area (Å²) < 4.78 is 0. The average molecular weight is 270 g/mol. The second-order valence-corrected chi connectivity index (χ2v) is 6.04. The van der Waals surface area contributed by atoms with Gasteiger partial charge in [0.15, 0.2) is 5.60 Å². The number of rotatable bonds is 5. The Morgan fingerprint density at radius 1 is 1.32 bits per heavy atom. The highest BCUT2D eigenvalue weighted by atomic mass is 16.4. The third kappa shape index (κ3) is 3.67. The van der Waals surface area contributed by atoms with Crippen LogP contribution in [-0.4, -0.2) is 46.3 Å². The Hall–Kier alpha value is -1.14. The molecule has 3 unspecified atom stereocenters. The zero-order valence-electron chi connectivity index (χ0n) is 11.2. The minimum absolute atomic E-state index is 0.173. The van der Waals surface area contributed by atoms with Gasteiger partial charge in [0.2, 0.25) is 5.91 Å². The number of aliphatic carboxylic acids is 1. The minimum atomic E-state index is -1.90. The van der Waals surface area contributed by atoms with Gasteiger partial charge in [-0.25, -0.2) is 4.79 Å². The molecule has 6 heteroatoms. The number of carboxylic acids is 1. The van der Waals surface area contributed by atoms with Crippen LogP contribution >= 0.6 is 0 Å². The first kappa shape index (κ1) is 14.3. The molecule has 2 aliphatic rings. The second kappa shape index (κ2) is 5.46. The molecule has 1 amide bonds. The Balaban J connectivity index is 1.74. The summed E-state index contributed by atoms with van der Waals surface area (Å²) in [6.45, 7) is 0.930. The minimum Gasteiger partial charge on any atom is -0.479 e. The van der Waals surface area contributed by atoms with Crippen LogP contribution in [0, 0.1) is 5.92 Å². The first-order valence-electron chi connectivity index (χ1n) is 6.85. The van der Waals surface area contributed by atoms with Crippen molar-refractivity contribution in [3.8, 4) is 0 Å². The predicted octanol–water partition coefficient (Wildman–Crippen LogP) is -0.141. The van der Waals surface area contributed by atoms with Crippen LogP contribution < -0.4 is 10.6 Å². The maximum atomic E-state index is 11.8. The Bertz CT molecular complexity index is 358. The van der Waals surface area contributed by atoms with E-state index in [-0.39, 0.29) is 12.5 Å². The molecule has 19 heavy (non-hydrogen) atoms. The van der Waals surface area contributed by atoms with Crippen molar-refractivity contribution in [1.29, 1.82) is 0 Å². The summed E-state index contributed by atoms with van der Waals surface area (Å²) in [5.41, 5.74) is -1.90. The van der Waals surface area contributed by atoms with E-state index in [4.69, 9.17) is 5.11 Å². The molecule has 108 valence electrons. The van der Waals surface area contributed by atoms with Crippen LogP contribution in [0.2, 0.25) is 0 Å². The highest BCUT2D eigenvalue weighted by Crippen LogP contribution is 2.32. The summed E-state index contributed by atoms with van der Waals surface area (Å²) >= 11 is 0. The highest BCUT2D eigenvalue weighted by molar-refractivity contribution is 5.80. The van der Waals surface area contributed by atoms with Crippen LogP contribution in [0.15, 0.2) is 0 Å². The lowest BCUT2D eigenvalue weighted by Crippen LogP contribution is -2.47. The molecule has 0 spiro atoms. The van der Waals surface area contributed by atoms with Gasteiger partial charge in [0, 0.05) is 18.5 Å². The Morgan fingerprint density at radius 3 is 2.42 bits per heavy atom. The van der Waals surface area contributed by atoms with Gasteiger partial charge in [-0.3, -0.25) is 4.79 Å². The number of carbonyl (C=O) groups is 2. The molecule has 0 aromatic heterocycles. The van der Waals surface area contributed by atoms with Crippen molar-refractivity contribution in [1.82, 2.24) is 10.6 Å². The number of aliphatic hydroxyl groups is 1. The number of nitrogens with one attached hydrogen (secondary N) is 2. The van der Waals surface area contributed by atoms with Crippen LogP contribution in [-0.2, 0) is 9.59 Å². The van der Waals surface area contributed by atoms with Crippen molar-refractivity contribution >= 4 is 11.9 Å². The summed E-state index contributed by atoms with van der Waals surface area (Å²) in [5.74, 6) is -1.13. The zero-order valence-corrected chi connectivity index (χ0v) is 11.2. The molecule has 0 aromatic carbocycles. The quantitative estimate of drug-likeness (QED) is 0.557. The van der Waals surface area contributed by atoms with Gasteiger partial charge in [-0.1, -0.05) is 0 Å². The van der Waals surface area contributed by atoms with E-state index in [0.29, 0.717) is 24.4 Å². The van der Waals surface area contributed by atoms with Crippen molar-refractivity contribution in [2.45, 2.75) is 56.7 Å². The topological polar surface area (TPSA) is 98.7 Å². The molecule has 2 saturated heterocycles. The molecule has 2 aliphatic heterocycles. The molecule has 3 atom stereocenters. The second-order valence-electron chi connectivity index (χ2n) is 6.04. The largest absolute Gasteiger partial charge is 0.479 e. The summed E-state index contributed by atoms with van der Waals surface area (Å²) in [4.78, 5) is 22.5.